The molecule has 1 aliphatic heterocycles. The van der Waals surface area contributed by atoms with E-state index in [2.05, 4.69) is 31.2 Å². The summed E-state index contributed by atoms with van der Waals surface area (Å²) in [5.74, 6) is 0. The monoisotopic (exact) mass is 190 g/mol. The van der Waals surface area contributed by atoms with Crippen molar-refractivity contribution in [1.82, 2.24) is 0 Å². The number of ether oxygens (including phenoxy) is 1. The summed E-state index contributed by atoms with van der Waals surface area (Å²) in [4.78, 5) is 0. The van der Waals surface area contributed by atoms with Crippen LogP contribution in [0.1, 0.15) is 43.4 Å². The van der Waals surface area contributed by atoms with Crippen LogP contribution in [0.3, 0.4) is 0 Å². The van der Waals surface area contributed by atoms with E-state index in [1.807, 2.05) is 0 Å². The van der Waals surface area contributed by atoms with Crippen molar-refractivity contribution in [3.05, 3.63) is 35.4 Å². The summed E-state index contributed by atoms with van der Waals surface area (Å²) in [5.41, 5.74) is 2.80. The lowest BCUT2D eigenvalue weighted by molar-refractivity contribution is 0.415. The van der Waals surface area contributed by atoms with Crippen molar-refractivity contribution in [2.75, 3.05) is 6.61 Å². The maximum Gasteiger partial charge on any atom is 0.106 e. The number of aryl methyl sites for hydroxylation is 1. The van der Waals surface area contributed by atoms with Crippen molar-refractivity contribution in [3.8, 4) is 0 Å². The van der Waals surface area contributed by atoms with Gasteiger partial charge in [0.25, 0.3) is 0 Å². The Morgan fingerprint density at radius 2 is 1.93 bits per heavy atom. The van der Waals surface area contributed by atoms with Gasteiger partial charge < -0.3 is 4.74 Å². The first-order valence-corrected chi connectivity index (χ1v) is 5.60. The molecule has 1 saturated heterocycles. The molecule has 0 aromatic heterocycles. The fourth-order valence-corrected chi connectivity index (χ4v) is 1.72. The van der Waals surface area contributed by atoms with Crippen molar-refractivity contribution in [1.29, 1.82) is 0 Å². The highest BCUT2D eigenvalue weighted by molar-refractivity contribution is 5.26. The summed E-state index contributed by atoms with van der Waals surface area (Å²) in [6, 6.07) is 8.90. The molecule has 1 aliphatic rings. The Kier molecular flexibility index (Phi) is 3.20. The molecule has 1 aromatic carbocycles. The number of rotatable bonds is 5. The highest BCUT2D eigenvalue weighted by Gasteiger charge is 2.23. The van der Waals surface area contributed by atoms with Gasteiger partial charge in [-0.15, -0.1) is 0 Å². The van der Waals surface area contributed by atoms with Crippen LogP contribution in [0.25, 0.3) is 0 Å². The first-order valence-electron chi connectivity index (χ1n) is 5.60. The molecule has 1 unspecified atom stereocenters. The second kappa shape index (κ2) is 4.61. The Labute approximate surface area is 86.1 Å². The summed E-state index contributed by atoms with van der Waals surface area (Å²) in [7, 11) is 0. The molecule has 0 radical (unpaired) electrons. The number of hydrogen-bond acceptors (Lipinski definition) is 1. The molecule has 1 nitrogen and oxygen atoms in total. The van der Waals surface area contributed by atoms with Crippen molar-refractivity contribution in [2.45, 2.75) is 38.7 Å². The third-order valence-corrected chi connectivity index (χ3v) is 2.75. The minimum atomic E-state index is 0.402. The van der Waals surface area contributed by atoms with Gasteiger partial charge in [0.05, 0.1) is 6.61 Å². The van der Waals surface area contributed by atoms with Crippen molar-refractivity contribution < 1.29 is 4.74 Å². The average Bonchev–Trinajstić information content (AvgIpc) is 3.03. The smallest absolute Gasteiger partial charge is 0.106 e. The van der Waals surface area contributed by atoms with Gasteiger partial charge in [-0.25, -0.2) is 0 Å². The summed E-state index contributed by atoms with van der Waals surface area (Å²) in [6.45, 7) is 3.16. The molecule has 0 amide bonds. The largest absolute Gasteiger partial charge is 0.368 e. The molecule has 0 spiro atoms. The molecule has 1 heteroatoms. The number of hydrogen-bond donors (Lipinski definition) is 0. The van der Waals surface area contributed by atoms with Crippen LogP contribution < -0.4 is 0 Å². The van der Waals surface area contributed by atoms with E-state index < -0.39 is 0 Å². The number of unbranched alkanes of at least 4 members (excludes halogenated alkanes) is 2. The molecule has 1 aromatic rings. The molecular formula is C13H18O. The Balaban J connectivity index is 1.86. The molecule has 0 bridgehead atoms. The van der Waals surface area contributed by atoms with Gasteiger partial charge in [0.15, 0.2) is 0 Å². The lowest BCUT2D eigenvalue weighted by atomic mass is 10.0. The maximum atomic E-state index is 5.23. The van der Waals surface area contributed by atoms with E-state index in [-0.39, 0.29) is 0 Å². The average molecular weight is 190 g/mol. The second-order valence-electron chi connectivity index (χ2n) is 4.02. The van der Waals surface area contributed by atoms with Crippen molar-refractivity contribution >= 4 is 0 Å². The zero-order chi connectivity index (χ0) is 9.80. The van der Waals surface area contributed by atoms with E-state index in [4.69, 9.17) is 4.74 Å². The highest BCUT2D eigenvalue weighted by Crippen LogP contribution is 2.29. The maximum absolute atomic E-state index is 5.23. The molecule has 1 heterocycles. The van der Waals surface area contributed by atoms with Crippen molar-refractivity contribution in [3.63, 3.8) is 0 Å². The lowest BCUT2D eigenvalue weighted by Gasteiger charge is -2.01. The molecule has 14 heavy (non-hydrogen) atoms. The Hall–Kier alpha value is -0.820. The van der Waals surface area contributed by atoms with Gasteiger partial charge >= 0.3 is 0 Å². The SMILES string of the molecule is CCCCCc1ccc(C2CO2)cc1. The molecule has 0 aliphatic carbocycles. The van der Waals surface area contributed by atoms with Gasteiger partial charge in [0.1, 0.15) is 6.10 Å². The topological polar surface area (TPSA) is 12.5 Å². The van der Waals surface area contributed by atoms with Gasteiger partial charge in [-0.1, -0.05) is 44.0 Å². The van der Waals surface area contributed by atoms with E-state index in [1.54, 1.807) is 0 Å². The van der Waals surface area contributed by atoms with Crippen LogP contribution in [-0.2, 0) is 11.2 Å². The van der Waals surface area contributed by atoms with Crippen LogP contribution in [0.5, 0.6) is 0 Å². The first kappa shape index (κ1) is 9.72. The van der Waals surface area contributed by atoms with E-state index >= 15 is 0 Å². The third-order valence-electron chi connectivity index (χ3n) is 2.75. The quantitative estimate of drug-likeness (QED) is 0.511. The van der Waals surface area contributed by atoms with E-state index in [9.17, 15) is 0 Å². The normalized spacial score (nSPS) is 19.6. The van der Waals surface area contributed by atoms with Crippen LogP contribution in [0.15, 0.2) is 24.3 Å². The van der Waals surface area contributed by atoms with Crippen LogP contribution in [-0.4, -0.2) is 6.61 Å². The van der Waals surface area contributed by atoms with Crippen LogP contribution in [0.4, 0.5) is 0 Å². The van der Waals surface area contributed by atoms with Crippen LogP contribution in [0, 0.1) is 0 Å². The second-order valence-corrected chi connectivity index (χ2v) is 4.02. The van der Waals surface area contributed by atoms with Crippen LogP contribution >= 0.6 is 0 Å². The summed E-state index contributed by atoms with van der Waals surface area (Å²) in [5, 5.41) is 0. The third kappa shape index (κ3) is 2.58. The van der Waals surface area contributed by atoms with Gasteiger partial charge in [0.2, 0.25) is 0 Å². The molecule has 76 valence electrons. The lowest BCUT2D eigenvalue weighted by Crippen LogP contribution is -1.87. The van der Waals surface area contributed by atoms with Gasteiger partial charge in [-0.3, -0.25) is 0 Å². The molecular weight excluding hydrogens is 172 g/mol. The molecule has 2 rings (SSSR count). The minimum absolute atomic E-state index is 0.402. The standard InChI is InChI=1S/C13H18O/c1-2-3-4-5-11-6-8-12(9-7-11)13-10-14-13/h6-9,13H,2-5,10H2,1H3. The van der Waals surface area contributed by atoms with Gasteiger partial charge in [0, 0.05) is 0 Å². The fourth-order valence-electron chi connectivity index (χ4n) is 1.72. The van der Waals surface area contributed by atoms with Gasteiger partial charge in [-0.2, -0.15) is 0 Å². The van der Waals surface area contributed by atoms with E-state index in [0.29, 0.717) is 6.10 Å². The summed E-state index contributed by atoms with van der Waals surface area (Å²) < 4.78 is 5.23. The zero-order valence-electron chi connectivity index (χ0n) is 8.83. The van der Waals surface area contributed by atoms with E-state index in [0.717, 1.165) is 6.61 Å². The zero-order valence-corrected chi connectivity index (χ0v) is 8.83. The highest BCUT2D eigenvalue weighted by atomic mass is 16.6. The van der Waals surface area contributed by atoms with Gasteiger partial charge in [-0.05, 0) is 24.0 Å². The summed E-state index contributed by atoms with van der Waals surface area (Å²) in [6.07, 6.45) is 5.58. The Morgan fingerprint density at radius 3 is 2.50 bits per heavy atom. The number of benzene rings is 1. The fraction of sp³-hybridized carbons (Fsp3) is 0.538. The van der Waals surface area contributed by atoms with Crippen molar-refractivity contribution in [2.24, 2.45) is 0 Å². The first-order chi connectivity index (χ1) is 6.90. The predicted molar refractivity (Wildman–Crippen MR) is 58.4 cm³/mol. The Morgan fingerprint density at radius 1 is 1.21 bits per heavy atom. The number of epoxide rings is 1. The Bertz CT molecular complexity index is 272. The molecule has 0 N–H and O–H groups in total. The minimum Gasteiger partial charge on any atom is -0.368 e. The predicted octanol–water partition coefficient (Wildman–Crippen LogP) is 3.49. The molecule has 0 saturated carbocycles. The van der Waals surface area contributed by atoms with Crippen LogP contribution in [0.2, 0.25) is 0 Å². The molecule has 1 atom stereocenters. The summed E-state index contributed by atoms with van der Waals surface area (Å²) >= 11 is 0. The van der Waals surface area contributed by atoms with E-state index in [1.165, 1.54) is 36.8 Å². The molecule has 1 fully saturated rings.